The van der Waals surface area contributed by atoms with Gasteiger partial charge < -0.3 is 5.11 Å². The van der Waals surface area contributed by atoms with Gasteiger partial charge in [0, 0.05) is 6.42 Å². The first-order valence-electron chi connectivity index (χ1n) is 14.0. The molecule has 0 fully saturated rings. The molecule has 0 aromatic heterocycles. The van der Waals surface area contributed by atoms with Crippen molar-refractivity contribution < 1.29 is 9.90 Å². The predicted molar refractivity (Wildman–Crippen MR) is 141 cm³/mol. The number of rotatable bonds is 26. The quantitative estimate of drug-likeness (QED) is 0.106. The normalized spacial score (nSPS) is 10.9. The molecule has 3 heteroatoms. The van der Waals surface area contributed by atoms with Gasteiger partial charge in [-0.1, -0.05) is 161 Å². The molecule has 0 atom stereocenters. The van der Waals surface area contributed by atoms with Gasteiger partial charge in [0.05, 0.1) is 0 Å². The second-order valence-electron chi connectivity index (χ2n) is 9.63. The fourth-order valence-electron chi connectivity index (χ4n) is 4.42. The van der Waals surface area contributed by atoms with Crippen LogP contribution in [0.3, 0.4) is 0 Å². The van der Waals surface area contributed by atoms with Gasteiger partial charge in [-0.2, -0.15) is 0 Å². The van der Waals surface area contributed by atoms with Crippen molar-refractivity contribution in [3.05, 3.63) is 0 Å². The molecule has 2 nitrogen and oxygen atoms in total. The fourth-order valence-corrected chi connectivity index (χ4v) is 4.42. The van der Waals surface area contributed by atoms with Crippen LogP contribution >= 0.6 is 0 Å². The van der Waals surface area contributed by atoms with E-state index in [0.717, 1.165) is 12.8 Å². The van der Waals surface area contributed by atoms with Crippen LogP contribution < -0.4 is 0 Å². The molecule has 1 N–H and O–H groups in total. The number of unbranched alkanes of at least 4 members (excludes halogenated alkanes) is 24. The Bertz CT molecular complexity index is 333. The maximum atomic E-state index is 10.4. The molecule has 0 aromatic rings. The molecule has 0 aliphatic rings. The van der Waals surface area contributed by atoms with Gasteiger partial charge in [0.15, 0.2) is 0 Å². The van der Waals surface area contributed by atoms with Crippen LogP contribution in [0.4, 0.5) is 0 Å². The van der Waals surface area contributed by atoms with E-state index >= 15 is 0 Å². The zero-order valence-electron chi connectivity index (χ0n) is 20.7. The summed E-state index contributed by atoms with van der Waals surface area (Å²) in [5.41, 5.74) is 0. The standard InChI is InChI=1S/C28H56O2.Na.H/c1-2-3-4-5-6-7-8-9-10-11-12-13-14-15-16-17-18-19-20-21-22-23-24-25-26-27-28(29)30;;/h2-27H2,1H3,(H,29,30);;. The number of carboxylic acids is 1. The van der Waals surface area contributed by atoms with Crippen LogP contribution in [0.15, 0.2) is 0 Å². The Morgan fingerprint density at radius 2 is 0.613 bits per heavy atom. The van der Waals surface area contributed by atoms with Crippen LogP contribution in [0.2, 0.25) is 0 Å². The Hall–Kier alpha value is 0.470. The fraction of sp³-hybridized carbons (Fsp3) is 0.964. The molecule has 0 aliphatic carbocycles. The first kappa shape index (κ1) is 33.6. The molecule has 0 radical (unpaired) electrons. The first-order chi connectivity index (χ1) is 14.8. The minimum absolute atomic E-state index is 0. The van der Waals surface area contributed by atoms with Crippen LogP contribution in [-0.2, 0) is 4.79 Å². The summed E-state index contributed by atoms with van der Waals surface area (Å²) in [6.45, 7) is 2.29. The van der Waals surface area contributed by atoms with Gasteiger partial charge in [0.1, 0.15) is 0 Å². The number of carboxylic acid groups (broad SMARTS) is 1. The summed E-state index contributed by atoms with van der Waals surface area (Å²) >= 11 is 0. The van der Waals surface area contributed by atoms with Gasteiger partial charge in [0.2, 0.25) is 0 Å². The number of hydrogen-bond acceptors (Lipinski definition) is 1. The predicted octanol–water partition coefficient (Wildman–Crippen LogP) is 9.58. The van der Waals surface area contributed by atoms with E-state index in [-0.39, 0.29) is 29.6 Å². The third kappa shape index (κ3) is 32.7. The van der Waals surface area contributed by atoms with Crippen molar-refractivity contribution in [1.29, 1.82) is 0 Å². The maximum absolute atomic E-state index is 10.4. The number of hydrogen-bond donors (Lipinski definition) is 1. The summed E-state index contributed by atoms with van der Waals surface area (Å²) in [6.07, 6.45) is 35.0. The van der Waals surface area contributed by atoms with Crippen molar-refractivity contribution in [3.63, 3.8) is 0 Å². The Morgan fingerprint density at radius 1 is 0.419 bits per heavy atom. The number of carbonyl (C=O) groups is 1. The molecule has 0 bridgehead atoms. The van der Waals surface area contributed by atoms with E-state index in [2.05, 4.69) is 6.92 Å². The summed E-state index contributed by atoms with van der Waals surface area (Å²) in [4.78, 5) is 10.4. The van der Waals surface area contributed by atoms with Gasteiger partial charge in [-0.15, -0.1) is 0 Å². The van der Waals surface area contributed by atoms with Gasteiger partial charge in [-0.3, -0.25) is 4.79 Å². The summed E-state index contributed by atoms with van der Waals surface area (Å²) < 4.78 is 0. The summed E-state index contributed by atoms with van der Waals surface area (Å²) in [6, 6.07) is 0. The second kappa shape index (κ2) is 30.5. The van der Waals surface area contributed by atoms with E-state index in [0.29, 0.717) is 6.42 Å². The zero-order chi connectivity index (χ0) is 22.0. The van der Waals surface area contributed by atoms with Crippen molar-refractivity contribution in [3.8, 4) is 0 Å². The van der Waals surface area contributed by atoms with Crippen LogP contribution in [0.1, 0.15) is 174 Å². The molecular formula is C28H57NaO2. The third-order valence-electron chi connectivity index (χ3n) is 6.49. The van der Waals surface area contributed by atoms with Crippen molar-refractivity contribution in [2.75, 3.05) is 0 Å². The summed E-state index contributed by atoms with van der Waals surface area (Å²) in [5.74, 6) is -0.649. The van der Waals surface area contributed by atoms with E-state index in [1.807, 2.05) is 0 Å². The van der Waals surface area contributed by atoms with Crippen molar-refractivity contribution in [2.24, 2.45) is 0 Å². The Morgan fingerprint density at radius 3 is 0.806 bits per heavy atom. The Labute approximate surface area is 218 Å². The van der Waals surface area contributed by atoms with Crippen LogP contribution in [0.5, 0.6) is 0 Å². The summed E-state index contributed by atoms with van der Waals surface area (Å²) in [7, 11) is 0. The molecule has 0 rings (SSSR count). The van der Waals surface area contributed by atoms with E-state index < -0.39 is 5.97 Å². The van der Waals surface area contributed by atoms with Crippen molar-refractivity contribution in [2.45, 2.75) is 174 Å². The monoisotopic (exact) mass is 448 g/mol. The molecule has 0 amide bonds. The van der Waals surface area contributed by atoms with Gasteiger partial charge in [-0.25, -0.2) is 0 Å². The molecule has 0 saturated carbocycles. The van der Waals surface area contributed by atoms with Gasteiger partial charge >= 0.3 is 35.5 Å². The summed E-state index contributed by atoms with van der Waals surface area (Å²) in [5, 5.41) is 8.60. The molecular weight excluding hydrogens is 391 g/mol. The van der Waals surface area contributed by atoms with Gasteiger partial charge in [0.25, 0.3) is 0 Å². The molecule has 182 valence electrons. The zero-order valence-corrected chi connectivity index (χ0v) is 20.7. The van der Waals surface area contributed by atoms with Crippen LogP contribution in [-0.4, -0.2) is 40.6 Å². The molecule has 0 aromatic carbocycles. The number of aliphatic carboxylic acids is 1. The van der Waals surface area contributed by atoms with Crippen LogP contribution in [0, 0.1) is 0 Å². The minimum atomic E-state index is -0.649. The molecule has 0 unspecified atom stereocenters. The average molecular weight is 449 g/mol. The first-order valence-corrected chi connectivity index (χ1v) is 14.0. The molecule has 31 heavy (non-hydrogen) atoms. The Balaban J connectivity index is 0. The molecule has 0 heterocycles. The van der Waals surface area contributed by atoms with Crippen molar-refractivity contribution in [1.82, 2.24) is 0 Å². The van der Waals surface area contributed by atoms with Gasteiger partial charge in [-0.05, 0) is 6.42 Å². The second-order valence-corrected chi connectivity index (χ2v) is 9.63. The van der Waals surface area contributed by atoms with E-state index in [9.17, 15) is 4.79 Å². The van der Waals surface area contributed by atoms with Crippen molar-refractivity contribution >= 4 is 35.5 Å². The Kier molecular flexibility index (Phi) is 33.1. The molecule has 0 saturated heterocycles. The van der Waals surface area contributed by atoms with Crippen LogP contribution in [0.25, 0.3) is 0 Å². The van der Waals surface area contributed by atoms with E-state index in [1.165, 1.54) is 148 Å². The topological polar surface area (TPSA) is 37.3 Å². The average Bonchev–Trinajstić information content (AvgIpc) is 2.73. The molecule has 0 spiro atoms. The van der Waals surface area contributed by atoms with E-state index in [1.54, 1.807) is 0 Å². The van der Waals surface area contributed by atoms with E-state index in [4.69, 9.17) is 5.11 Å². The molecule has 0 aliphatic heterocycles. The third-order valence-corrected chi connectivity index (χ3v) is 6.49. The SMILES string of the molecule is CCCCCCCCCCCCCCCCCCCCCCCCCCCC(=O)O.[NaH].